The molecule has 0 bridgehead atoms. The van der Waals surface area contributed by atoms with Gasteiger partial charge >= 0.3 is 29.6 Å². The molecular formula is C9H3F2N2NaO2S. The number of carbonyl (C=O) groups excluding carboxylic acids is 1. The van der Waals surface area contributed by atoms with Crippen molar-refractivity contribution in [1.82, 2.24) is 10.2 Å². The molecule has 0 fully saturated rings. The summed E-state index contributed by atoms with van der Waals surface area (Å²) in [5.74, 6) is -3.02. The van der Waals surface area contributed by atoms with E-state index in [-0.39, 0.29) is 45.1 Å². The number of carbonyl (C=O) groups is 1. The Morgan fingerprint density at radius 2 is 2.00 bits per heavy atom. The average molecular weight is 264 g/mol. The molecule has 0 N–H and O–H groups in total. The van der Waals surface area contributed by atoms with Crippen LogP contribution < -0.4 is 34.7 Å². The Morgan fingerprint density at radius 1 is 1.29 bits per heavy atom. The van der Waals surface area contributed by atoms with Crippen molar-refractivity contribution in [1.29, 1.82) is 0 Å². The van der Waals surface area contributed by atoms with Gasteiger partial charge in [0.2, 0.25) is 0 Å². The van der Waals surface area contributed by atoms with Gasteiger partial charge in [0, 0.05) is 11.6 Å². The SMILES string of the molecule is O=C([O-])c1nnc(-c2ccc(F)cc2F)s1.[Na+]. The largest absolute Gasteiger partial charge is 1.00 e. The summed E-state index contributed by atoms with van der Waals surface area (Å²) >= 11 is 0.667. The van der Waals surface area contributed by atoms with E-state index in [0.717, 1.165) is 6.07 Å². The van der Waals surface area contributed by atoms with Crippen LogP contribution in [0.3, 0.4) is 0 Å². The van der Waals surface area contributed by atoms with Crippen LogP contribution in [0, 0.1) is 11.6 Å². The van der Waals surface area contributed by atoms with Crippen LogP contribution in [0.4, 0.5) is 8.78 Å². The number of rotatable bonds is 2. The second-order valence-corrected chi connectivity index (χ2v) is 3.80. The van der Waals surface area contributed by atoms with E-state index in [1.807, 2.05) is 0 Å². The maximum absolute atomic E-state index is 13.3. The van der Waals surface area contributed by atoms with Crippen LogP contribution >= 0.6 is 11.3 Å². The van der Waals surface area contributed by atoms with E-state index in [1.165, 1.54) is 6.07 Å². The van der Waals surface area contributed by atoms with Crippen LogP contribution in [0.2, 0.25) is 0 Å². The van der Waals surface area contributed by atoms with E-state index in [4.69, 9.17) is 0 Å². The van der Waals surface area contributed by atoms with Crippen molar-refractivity contribution in [3.05, 3.63) is 34.8 Å². The Kier molecular flexibility index (Phi) is 4.70. The number of hydrogen-bond acceptors (Lipinski definition) is 5. The maximum atomic E-state index is 13.3. The summed E-state index contributed by atoms with van der Waals surface area (Å²) in [5, 5.41) is 16.9. The smallest absolute Gasteiger partial charge is 0.542 e. The predicted octanol–water partition coefficient (Wildman–Crippen LogP) is -2.15. The predicted molar refractivity (Wildman–Crippen MR) is 49.6 cm³/mol. The molecule has 0 saturated heterocycles. The van der Waals surface area contributed by atoms with E-state index < -0.39 is 17.6 Å². The van der Waals surface area contributed by atoms with Crippen molar-refractivity contribution in [3.8, 4) is 10.6 Å². The Hall–Kier alpha value is -0.890. The second kappa shape index (κ2) is 5.63. The summed E-state index contributed by atoms with van der Waals surface area (Å²) in [6, 6.07) is 2.91. The van der Waals surface area contributed by atoms with Gasteiger partial charge in [-0.1, -0.05) is 11.3 Å². The molecule has 1 aromatic carbocycles. The van der Waals surface area contributed by atoms with Gasteiger partial charge in [0.1, 0.15) is 17.6 Å². The van der Waals surface area contributed by atoms with Gasteiger partial charge in [0.25, 0.3) is 0 Å². The Balaban J connectivity index is 0.00000144. The first kappa shape index (κ1) is 14.2. The molecule has 17 heavy (non-hydrogen) atoms. The number of aromatic nitrogens is 2. The first-order chi connectivity index (χ1) is 7.58. The third kappa shape index (κ3) is 3.06. The fourth-order valence-electron chi connectivity index (χ4n) is 1.08. The minimum absolute atomic E-state index is 0. The molecule has 0 radical (unpaired) electrons. The van der Waals surface area contributed by atoms with Crippen LogP contribution in [0.15, 0.2) is 18.2 Å². The molecule has 8 heteroatoms. The standard InChI is InChI=1S/C9H4F2N2O2S.Na/c10-4-1-2-5(6(11)3-4)7-12-13-8(16-7)9(14)15;/h1-3H,(H,14,15);/q;+1/p-1. The van der Waals surface area contributed by atoms with Crippen molar-refractivity contribution in [3.63, 3.8) is 0 Å². The van der Waals surface area contributed by atoms with E-state index in [9.17, 15) is 18.7 Å². The summed E-state index contributed by atoms with van der Waals surface area (Å²) in [6.45, 7) is 0. The summed E-state index contributed by atoms with van der Waals surface area (Å²) in [4.78, 5) is 10.4. The molecule has 0 atom stereocenters. The third-order valence-electron chi connectivity index (χ3n) is 1.76. The van der Waals surface area contributed by atoms with E-state index >= 15 is 0 Å². The summed E-state index contributed by atoms with van der Waals surface area (Å²) in [7, 11) is 0. The molecule has 2 rings (SSSR count). The van der Waals surface area contributed by atoms with Gasteiger partial charge in [0.05, 0.1) is 0 Å². The molecule has 0 unspecified atom stereocenters. The molecule has 82 valence electrons. The molecule has 1 aromatic heterocycles. The van der Waals surface area contributed by atoms with Crippen molar-refractivity contribution in [2.45, 2.75) is 0 Å². The zero-order valence-corrected chi connectivity index (χ0v) is 11.4. The number of nitrogens with zero attached hydrogens (tertiary/aromatic N) is 2. The first-order valence-corrected chi connectivity index (χ1v) is 4.90. The van der Waals surface area contributed by atoms with Crippen LogP contribution in [0.1, 0.15) is 9.80 Å². The molecule has 1 heterocycles. The number of benzene rings is 1. The van der Waals surface area contributed by atoms with Gasteiger partial charge in [0.15, 0.2) is 10.0 Å². The number of aromatic carboxylic acids is 1. The number of carboxylic acids is 1. The molecule has 0 aliphatic carbocycles. The topological polar surface area (TPSA) is 65.9 Å². The normalized spacial score (nSPS) is 9.76. The summed E-state index contributed by atoms with van der Waals surface area (Å²) in [5.41, 5.74) is 0.00593. The van der Waals surface area contributed by atoms with Gasteiger partial charge in [-0.15, -0.1) is 10.2 Å². The van der Waals surface area contributed by atoms with Crippen molar-refractivity contribution in [2.24, 2.45) is 0 Å². The molecule has 4 nitrogen and oxygen atoms in total. The minimum atomic E-state index is -1.48. The summed E-state index contributed by atoms with van der Waals surface area (Å²) in [6.07, 6.45) is 0. The van der Waals surface area contributed by atoms with Crippen LogP contribution in [-0.2, 0) is 0 Å². The zero-order valence-electron chi connectivity index (χ0n) is 8.61. The number of carboxylic acid groups (broad SMARTS) is 1. The van der Waals surface area contributed by atoms with Gasteiger partial charge < -0.3 is 9.90 Å². The second-order valence-electron chi connectivity index (χ2n) is 2.82. The molecule has 0 aliphatic heterocycles. The molecule has 0 aliphatic rings. The fourth-order valence-corrected chi connectivity index (χ4v) is 1.78. The number of halogens is 2. The first-order valence-electron chi connectivity index (χ1n) is 4.08. The van der Waals surface area contributed by atoms with Gasteiger partial charge in [-0.25, -0.2) is 8.78 Å². The summed E-state index contributed by atoms with van der Waals surface area (Å²) < 4.78 is 25.9. The van der Waals surface area contributed by atoms with E-state index in [2.05, 4.69) is 10.2 Å². The molecular weight excluding hydrogens is 261 g/mol. The minimum Gasteiger partial charge on any atom is -0.542 e. The molecule has 0 saturated carbocycles. The van der Waals surface area contributed by atoms with Crippen LogP contribution in [0.25, 0.3) is 10.6 Å². The van der Waals surface area contributed by atoms with E-state index in [0.29, 0.717) is 17.4 Å². The van der Waals surface area contributed by atoms with Crippen molar-refractivity contribution >= 4 is 17.3 Å². The Bertz CT molecular complexity index is 562. The van der Waals surface area contributed by atoms with Gasteiger partial charge in [-0.3, -0.25) is 0 Å². The average Bonchev–Trinajstić information content (AvgIpc) is 2.66. The molecule has 0 amide bonds. The van der Waals surface area contributed by atoms with Crippen LogP contribution in [-0.4, -0.2) is 16.2 Å². The Morgan fingerprint density at radius 3 is 2.53 bits per heavy atom. The third-order valence-corrected chi connectivity index (χ3v) is 2.70. The zero-order chi connectivity index (χ0) is 11.7. The molecule has 2 aromatic rings. The number of hydrogen-bond donors (Lipinski definition) is 0. The van der Waals surface area contributed by atoms with Crippen molar-refractivity contribution in [2.75, 3.05) is 0 Å². The molecule has 0 spiro atoms. The van der Waals surface area contributed by atoms with Gasteiger partial charge in [-0.2, -0.15) is 0 Å². The van der Waals surface area contributed by atoms with Gasteiger partial charge in [-0.05, 0) is 12.1 Å². The monoisotopic (exact) mass is 264 g/mol. The quantitative estimate of drug-likeness (QED) is 0.580. The maximum Gasteiger partial charge on any atom is 1.00 e. The van der Waals surface area contributed by atoms with E-state index in [1.54, 1.807) is 0 Å². The van der Waals surface area contributed by atoms with Crippen LogP contribution in [0.5, 0.6) is 0 Å². The fraction of sp³-hybridized carbons (Fsp3) is 0. The Labute approximate surface area is 121 Å². The van der Waals surface area contributed by atoms with Crippen molar-refractivity contribution < 1.29 is 48.2 Å².